The average molecular weight is 315 g/mol. The van der Waals surface area contributed by atoms with Crippen molar-refractivity contribution in [3.63, 3.8) is 0 Å². The number of nitrogens with one attached hydrogen (secondary N) is 3. The van der Waals surface area contributed by atoms with Crippen molar-refractivity contribution in [3.05, 3.63) is 0 Å². The van der Waals surface area contributed by atoms with Gasteiger partial charge < -0.3 is 10.4 Å². The summed E-state index contributed by atoms with van der Waals surface area (Å²) in [5.74, 6) is 3.56. The van der Waals surface area contributed by atoms with E-state index < -0.39 is 24.1 Å². The first-order chi connectivity index (χ1) is 10.3. The molecule has 1 aliphatic rings. The Balaban J connectivity index is 2.61. The second-order valence-corrected chi connectivity index (χ2v) is 5.77. The molecular formula is C13H25N5O4. The lowest BCUT2D eigenvalue weighted by Gasteiger charge is -2.34. The molecule has 3 unspecified atom stereocenters. The number of rotatable bonds is 6. The Morgan fingerprint density at radius 3 is 2.45 bits per heavy atom. The standard InChI is InChI=1S/C13H25N5O4/c1-7(2)10(16-14)11(19)15-8(3)12(20)18-6-4-5-9(17-18)13(21)22/h7-10,16-17H,4-6,14H2,1-3H3,(H,15,19)(H,21,22). The van der Waals surface area contributed by atoms with Crippen LogP contribution in [0.3, 0.4) is 0 Å². The SMILES string of the molecule is CC(NC(=O)C(NN)C(C)C)C(=O)N1CCCC(C(=O)O)N1. The predicted octanol–water partition coefficient (Wildman–Crippen LogP) is -1.44. The third kappa shape index (κ3) is 4.65. The van der Waals surface area contributed by atoms with E-state index in [0.29, 0.717) is 19.4 Å². The Hall–Kier alpha value is -1.71. The minimum absolute atomic E-state index is 0.0307. The van der Waals surface area contributed by atoms with Crippen molar-refractivity contribution in [2.45, 2.75) is 51.7 Å². The zero-order chi connectivity index (χ0) is 16.9. The molecule has 1 aliphatic heterocycles. The highest BCUT2D eigenvalue weighted by atomic mass is 16.4. The van der Waals surface area contributed by atoms with Crippen LogP contribution >= 0.6 is 0 Å². The minimum atomic E-state index is -0.999. The van der Waals surface area contributed by atoms with Crippen LogP contribution in [0.25, 0.3) is 0 Å². The van der Waals surface area contributed by atoms with Gasteiger partial charge in [-0.2, -0.15) is 0 Å². The number of hydrazine groups is 2. The number of nitrogens with zero attached hydrogens (tertiary/aromatic N) is 1. The van der Waals surface area contributed by atoms with Crippen LogP contribution in [0.4, 0.5) is 0 Å². The van der Waals surface area contributed by atoms with Crippen molar-refractivity contribution >= 4 is 17.8 Å². The summed E-state index contributed by atoms with van der Waals surface area (Å²) >= 11 is 0. The minimum Gasteiger partial charge on any atom is -0.480 e. The van der Waals surface area contributed by atoms with Crippen molar-refractivity contribution < 1.29 is 19.5 Å². The first-order valence-corrected chi connectivity index (χ1v) is 7.34. The number of hydrogen-bond donors (Lipinski definition) is 5. The van der Waals surface area contributed by atoms with Crippen molar-refractivity contribution in [2.24, 2.45) is 11.8 Å². The van der Waals surface area contributed by atoms with Gasteiger partial charge >= 0.3 is 5.97 Å². The van der Waals surface area contributed by atoms with E-state index in [2.05, 4.69) is 16.2 Å². The van der Waals surface area contributed by atoms with Gasteiger partial charge in [-0.05, 0) is 25.7 Å². The van der Waals surface area contributed by atoms with Gasteiger partial charge in [-0.3, -0.25) is 25.2 Å². The highest BCUT2D eigenvalue weighted by Crippen LogP contribution is 2.09. The zero-order valence-corrected chi connectivity index (χ0v) is 13.1. The summed E-state index contributed by atoms with van der Waals surface area (Å²) in [6.45, 7) is 5.63. The number of carboxylic acid groups (broad SMARTS) is 1. The van der Waals surface area contributed by atoms with E-state index in [1.165, 1.54) is 5.01 Å². The molecule has 0 radical (unpaired) electrons. The molecule has 9 nitrogen and oxygen atoms in total. The number of carboxylic acids is 1. The van der Waals surface area contributed by atoms with E-state index in [9.17, 15) is 14.4 Å². The predicted molar refractivity (Wildman–Crippen MR) is 79.1 cm³/mol. The molecule has 9 heteroatoms. The lowest BCUT2D eigenvalue weighted by Crippen LogP contribution is -2.60. The molecule has 1 heterocycles. The summed E-state index contributed by atoms with van der Waals surface area (Å²) < 4.78 is 0. The van der Waals surface area contributed by atoms with Gasteiger partial charge in [0.05, 0.1) is 0 Å². The highest BCUT2D eigenvalue weighted by Gasteiger charge is 2.31. The molecule has 3 atom stereocenters. The van der Waals surface area contributed by atoms with E-state index in [-0.39, 0.29) is 17.7 Å². The summed E-state index contributed by atoms with van der Waals surface area (Å²) in [4.78, 5) is 35.3. The molecule has 126 valence electrons. The van der Waals surface area contributed by atoms with E-state index in [4.69, 9.17) is 10.9 Å². The van der Waals surface area contributed by atoms with E-state index in [1.54, 1.807) is 6.92 Å². The molecule has 0 aliphatic carbocycles. The topological polar surface area (TPSA) is 137 Å². The number of carbonyl (C=O) groups is 3. The third-order valence-electron chi connectivity index (χ3n) is 3.61. The maximum absolute atomic E-state index is 12.3. The van der Waals surface area contributed by atoms with Gasteiger partial charge in [-0.1, -0.05) is 13.8 Å². The summed E-state index contributed by atoms with van der Waals surface area (Å²) in [5, 5.41) is 12.8. The Morgan fingerprint density at radius 2 is 1.95 bits per heavy atom. The van der Waals surface area contributed by atoms with Crippen molar-refractivity contribution in [2.75, 3.05) is 6.54 Å². The van der Waals surface area contributed by atoms with Crippen molar-refractivity contribution in [1.82, 2.24) is 21.2 Å². The molecule has 6 N–H and O–H groups in total. The molecular weight excluding hydrogens is 290 g/mol. The van der Waals surface area contributed by atoms with Crippen LogP contribution < -0.4 is 22.0 Å². The number of amides is 2. The smallest absolute Gasteiger partial charge is 0.322 e. The molecule has 0 saturated carbocycles. The quantitative estimate of drug-likeness (QED) is 0.299. The average Bonchev–Trinajstić information content (AvgIpc) is 2.46. The van der Waals surface area contributed by atoms with Gasteiger partial charge in [0.25, 0.3) is 5.91 Å². The second-order valence-electron chi connectivity index (χ2n) is 5.77. The Morgan fingerprint density at radius 1 is 1.32 bits per heavy atom. The van der Waals surface area contributed by atoms with Crippen LogP contribution in [-0.4, -0.2) is 52.6 Å². The molecule has 1 fully saturated rings. The number of nitrogens with two attached hydrogens (primary N) is 1. The molecule has 1 saturated heterocycles. The monoisotopic (exact) mass is 315 g/mol. The number of carbonyl (C=O) groups excluding carboxylic acids is 2. The fourth-order valence-corrected chi connectivity index (χ4v) is 2.29. The fraction of sp³-hybridized carbons (Fsp3) is 0.769. The van der Waals surface area contributed by atoms with Gasteiger partial charge in [0.2, 0.25) is 5.91 Å². The molecule has 22 heavy (non-hydrogen) atoms. The Kier molecular flexibility index (Phi) is 6.72. The lowest BCUT2D eigenvalue weighted by molar-refractivity contribution is -0.148. The van der Waals surface area contributed by atoms with E-state index in [1.807, 2.05) is 13.8 Å². The highest BCUT2D eigenvalue weighted by molar-refractivity contribution is 5.89. The van der Waals surface area contributed by atoms with Crippen LogP contribution in [0.1, 0.15) is 33.6 Å². The summed E-state index contributed by atoms with van der Waals surface area (Å²) in [5.41, 5.74) is 5.08. The summed E-state index contributed by atoms with van der Waals surface area (Å²) in [6.07, 6.45) is 1.06. The van der Waals surface area contributed by atoms with Crippen LogP contribution in [-0.2, 0) is 14.4 Å². The second kappa shape index (κ2) is 8.06. The van der Waals surface area contributed by atoms with Crippen LogP contribution in [0.2, 0.25) is 0 Å². The molecule has 0 bridgehead atoms. The summed E-state index contributed by atoms with van der Waals surface area (Å²) in [6, 6.07) is -2.16. The molecule has 0 aromatic carbocycles. The van der Waals surface area contributed by atoms with Crippen LogP contribution in [0.5, 0.6) is 0 Å². The molecule has 0 aromatic rings. The van der Waals surface area contributed by atoms with E-state index >= 15 is 0 Å². The first-order valence-electron chi connectivity index (χ1n) is 7.34. The molecule has 1 rings (SSSR count). The van der Waals surface area contributed by atoms with Crippen molar-refractivity contribution in [1.29, 1.82) is 0 Å². The Bertz CT molecular complexity index is 429. The fourth-order valence-electron chi connectivity index (χ4n) is 2.29. The zero-order valence-electron chi connectivity index (χ0n) is 13.1. The molecule has 0 aromatic heterocycles. The summed E-state index contributed by atoms with van der Waals surface area (Å²) in [7, 11) is 0. The van der Waals surface area contributed by atoms with Gasteiger partial charge in [-0.25, -0.2) is 10.9 Å². The van der Waals surface area contributed by atoms with Crippen LogP contribution in [0, 0.1) is 5.92 Å². The maximum atomic E-state index is 12.3. The maximum Gasteiger partial charge on any atom is 0.322 e. The van der Waals surface area contributed by atoms with Crippen molar-refractivity contribution in [3.8, 4) is 0 Å². The van der Waals surface area contributed by atoms with Gasteiger partial charge in [0, 0.05) is 6.54 Å². The number of aliphatic carboxylic acids is 1. The first kappa shape index (κ1) is 18.3. The lowest BCUT2D eigenvalue weighted by atomic mass is 10.0. The number of hydrogen-bond acceptors (Lipinski definition) is 6. The largest absolute Gasteiger partial charge is 0.480 e. The van der Waals surface area contributed by atoms with Gasteiger partial charge in [0.1, 0.15) is 18.1 Å². The van der Waals surface area contributed by atoms with E-state index in [0.717, 1.165) is 0 Å². The normalized spacial score (nSPS) is 21.3. The van der Waals surface area contributed by atoms with Crippen LogP contribution in [0.15, 0.2) is 0 Å². The third-order valence-corrected chi connectivity index (χ3v) is 3.61. The van der Waals surface area contributed by atoms with Gasteiger partial charge in [0.15, 0.2) is 0 Å². The molecule has 2 amide bonds. The van der Waals surface area contributed by atoms with Gasteiger partial charge in [-0.15, -0.1) is 0 Å². The molecule has 0 spiro atoms. The Labute approximate surface area is 129 Å².